The lowest BCUT2D eigenvalue weighted by molar-refractivity contribution is -0.519. The van der Waals surface area contributed by atoms with Gasteiger partial charge >= 0.3 is 0 Å². The molecule has 0 bridgehead atoms. The Kier molecular flexibility index (Phi) is 3.16. The molecule has 2 unspecified atom stereocenters. The van der Waals surface area contributed by atoms with Gasteiger partial charge in [-0.2, -0.15) is 0 Å². The molecule has 0 spiro atoms. The topological polar surface area (TPSA) is 69.2 Å². The molecular formula is C5H12N2O2. The van der Waals surface area contributed by atoms with Gasteiger partial charge in [0.2, 0.25) is 6.04 Å². The quantitative estimate of drug-likeness (QED) is 0.446. The number of rotatable bonds is 3. The molecule has 9 heavy (non-hydrogen) atoms. The molecule has 0 saturated heterocycles. The van der Waals surface area contributed by atoms with Crippen molar-refractivity contribution in [3.05, 3.63) is 10.1 Å². The van der Waals surface area contributed by atoms with Gasteiger partial charge in [0.15, 0.2) is 0 Å². The maximum Gasteiger partial charge on any atom is 0.211 e. The van der Waals surface area contributed by atoms with Crippen molar-refractivity contribution in [2.45, 2.75) is 32.4 Å². The molecule has 4 heteroatoms. The third-order valence-electron chi connectivity index (χ3n) is 1.07. The molecule has 2 atom stereocenters. The number of hydrogen-bond donors (Lipinski definition) is 1. The van der Waals surface area contributed by atoms with Gasteiger partial charge in [0, 0.05) is 24.3 Å². The van der Waals surface area contributed by atoms with Gasteiger partial charge in [-0.1, -0.05) is 0 Å². The zero-order chi connectivity index (χ0) is 7.44. The van der Waals surface area contributed by atoms with E-state index in [0.29, 0.717) is 6.42 Å². The smallest absolute Gasteiger partial charge is 0.211 e. The first kappa shape index (κ1) is 8.36. The van der Waals surface area contributed by atoms with Crippen LogP contribution in [-0.2, 0) is 0 Å². The Hall–Kier alpha value is -0.640. The van der Waals surface area contributed by atoms with Gasteiger partial charge in [0.1, 0.15) is 0 Å². The molecule has 0 amide bonds. The molecule has 0 aromatic carbocycles. The second-order valence-electron chi connectivity index (χ2n) is 2.35. The van der Waals surface area contributed by atoms with Crippen LogP contribution in [0.2, 0.25) is 0 Å². The van der Waals surface area contributed by atoms with Crippen LogP contribution in [0.1, 0.15) is 20.3 Å². The lowest BCUT2D eigenvalue weighted by Gasteiger charge is -2.05. The van der Waals surface area contributed by atoms with E-state index < -0.39 is 6.04 Å². The summed E-state index contributed by atoms with van der Waals surface area (Å²) in [7, 11) is 0. The van der Waals surface area contributed by atoms with E-state index in [0.717, 1.165) is 0 Å². The molecule has 0 aliphatic carbocycles. The van der Waals surface area contributed by atoms with Crippen LogP contribution >= 0.6 is 0 Å². The Balaban J connectivity index is 3.50. The fourth-order valence-corrected chi connectivity index (χ4v) is 0.624. The zero-order valence-corrected chi connectivity index (χ0v) is 5.70. The van der Waals surface area contributed by atoms with Crippen molar-refractivity contribution < 1.29 is 4.92 Å². The van der Waals surface area contributed by atoms with Crippen molar-refractivity contribution >= 4 is 0 Å². The predicted molar refractivity (Wildman–Crippen MR) is 34.7 cm³/mol. The highest BCUT2D eigenvalue weighted by atomic mass is 16.6. The first-order valence-corrected chi connectivity index (χ1v) is 2.93. The van der Waals surface area contributed by atoms with Crippen LogP contribution in [-0.4, -0.2) is 17.0 Å². The van der Waals surface area contributed by atoms with E-state index in [1.807, 2.05) is 0 Å². The van der Waals surface area contributed by atoms with Gasteiger partial charge in [-0.15, -0.1) is 0 Å². The molecule has 0 fully saturated rings. The summed E-state index contributed by atoms with van der Waals surface area (Å²) in [5.74, 6) is 0. The largest absolute Gasteiger partial charge is 0.328 e. The Labute approximate surface area is 54.2 Å². The predicted octanol–water partition coefficient (Wildman–Crippen LogP) is 0.389. The lowest BCUT2D eigenvalue weighted by Crippen LogP contribution is -2.25. The molecule has 0 aliphatic rings. The van der Waals surface area contributed by atoms with Crippen molar-refractivity contribution in [3.63, 3.8) is 0 Å². The Morgan fingerprint density at radius 2 is 2.11 bits per heavy atom. The summed E-state index contributed by atoms with van der Waals surface area (Å²) in [6.45, 7) is 3.32. The molecule has 0 radical (unpaired) electrons. The number of nitrogens with two attached hydrogens (primary N) is 1. The van der Waals surface area contributed by atoms with E-state index in [9.17, 15) is 10.1 Å². The molecule has 0 aromatic rings. The highest BCUT2D eigenvalue weighted by molar-refractivity contribution is 4.57. The minimum atomic E-state index is -0.509. The van der Waals surface area contributed by atoms with Gasteiger partial charge in [0.25, 0.3) is 0 Å². The molecule has 4 nitrogen and oxygen atoms in total. The van der Waals surface area contributed by atoms with E-state index in [1.54, 1.807) is 13.8 Å². The van der Waals surface area contributed by atoms with E-state index in [-0.39, 0.29) is 11.0 Å². The molecule has 0 saturated carbocycles. The summed E-state index contributed by atoms with van der Waals surface area (Å²) < 4.78 is 0. The van der Waals surface area contributed by atoms with Crippen LogP contribution in [0, 0.1) is 10.1 Å². The number of nitrogens with zero attached hydrogens (tertiary/aromatic N) is 1. The summed E-state index contributed by atoms with van der Waals surface area (Å²) in [5, 5.41) is 9.98. The minimum Gasteiger partial charge on any atom is -0.328 e. The Morgan fingerprint density at radius 1 is 1.67 bits per heavy atom. The van der Waals surface area contributed by atoms with Gasteiger partial charge < -0.3 is 5.73 Å². The summed E-state index contributed by atoms with van der Waals surface area (Å²) in [6.07, 6.45) is 0.451. The molecule has 0 rings (SSSR count). The van der Waals surface area contributed by atoms with Gasteiger partial charge in [0.05, 0.1) is 0 Å². The fraction of sp³-hybridized carbons (Fsp3) is 1.00. The van der Waals surface area contributed by atoms with Crippen LogP contribution in [0.15, 0.2) is 0 Å². The summed E-state index contributed by atoms with van der Waals surface area (Å²) in [6, 6.07) is -0.588. The van der Waals surface area contributed by atoms with Gasteiger partial charge in [-0.05, 0) is 6.92 Å². The highest BCUT2D eigenvalue weighted by Gasteiger charge is 2.13. The average Bonchev–Trinajstić information content (AvgIpc) is 1.63. The Bertz CT molecular complexity index is 103. The maximum absolute atomic E-state index is 9.98. The van der Waals surface area contributed by atoms with Crippen LogP contribution in [0.5, 0.6) is 0 Å². The highest BCUT2D eigenvalue weighted by Crippen LogP contribution is 1.97. The second kappa shape index (κ2) is 3.40. The second-order valence-corrected chi connectivity index (χ2v) is 2.35. The number of hydrogen-bond acceptors (Lipinski definition) is 3. The molecule has 54 valence electrons. The van der Waals surface area contributed by atoms with Gasteiger partial charge in [-0.25, -0.2) is 0 Å². The third-order valence-corrected chi connectivity index (χ3v) is 1.07. The Morgan fingerprint density at radius 3 is 2.22 bits per heavy atom. The standard InChI is InChI=1S/C5H12N2O2/c1-4(6)3-5(2)7(8)9/h4-5H,3,6H2,1-2H3. The van der Waals surface area contributed by atoms with Gasteiger partial charge in [-0.3, -0.25) is 10.1 Å². The van der Waals surface area contributed by atoms with Crippen molar-refractivity contribution in [1.29, 1.82) is 0 Å². The fourth-order valence-electron chi connectivity index (χ4n) is 0.624. The molecule has 2 N–H and O–H groups in total. The van der Waals surface area contributed by atoms with Crippen LogP contribution in [0.25, 0.3) is 0 Å². The van der Waals surface area contributed by atoms with Crippen molar-refractivity contribution in [2.75, 3.05) is 0 Å². The molecule has 0 aromatic heterocycles. The maximum atomic E-state index is 9.98. The van der Waals surface area contributed by atoms with E-state index in [1.165, 1.54) is 0 Å². The minimum absolute atomic E-state index is 0.0783. The van der Waals surface area contributed by atoms with Crippen LogP contribution in [0.3, 0.4) is 0 Å². The molecule has 0 heterocycles. The average molecular weight is 132 g/mol. The normalized spacial score (nSPS) is 16.8. The zero-order valence-electron chi connectivity index (χ0n) is 5.70. The van der Waals surface area contributed by atoms with Crippen molar-refractivity contribution in [2.24, 2.45) is 5.73 Å². The van der Waals surface area contributed by atoms with Crippen molar-refractivity contribution in [1.82, 2.24) is 0 Å². The SMILES string of the molecule is CC(N)CC(C)[N+](=O)[O-]. The summed E-state index contributed by atoms with van der Waals surface area (Å²) in [4.78, 5) is 9.67. The third kappa shape index (κ3) is 3.90. The monoisotopic (exact) mass is 132 g/mol. The number of nitro groups is 1. The lowest BCUT2D eigenvalue weighted by atomic mass is 10.1. The summed E-state index contributed by atoms with van der Waals surface area (Å²) in [5.41, 5.74) is 5.33. The van der Waals surface area contributed by atoms with E-state index >= 15 is 0 Å². The van der Waals surface area contributed by atoms with Crippen LogP contribution < -0.4 is 5.73 Å². The first-order chi connectivity index (χ1) is 4.04. The summed E-state index contributed by atoms with van der Waals surface area (Å²) >= 11 is 0. The molecular weight excluding hydrogens is 120 g/mol. The van der Waals surface area contributed by atoms with Crippen molar-refractivity contribution in [3.8, 4) is 0 Å². The van der Waals surface area contributed by atoms with E-state index in [2.05, 4.69) is 0 Å². The van der Waals surface area contributed by atoms with E-state index in [4.69, 9.17) is 5.73 Å². The first-order valence-electron chi connectivity index (χ1n) is 2.93. The molecule has 0 aliphatic heterocycles. The van der Waals surface area contributed by atoms with Crippen LogP contribution in [0.4, 0.5) is 0 Å².